The van der Waals surface area contributed by atoms with Gasteiger partial charge in [0.15, 0.2) is 0 Å². The molecular weight excluding hydrogens is 255 g/mol. The number of nitrogens with one attached hydrogen (secondary N) is 1. The minimum atomic E-state index is -4.29. The third kappa shape index (κ3) is 3.94. The van der Waals surface area contributed by atoms with Gasteiger partial charge in [-0.05, 0) is 43.7 Å². The molecule has 0 spiro atoms. The van der Waals surface area contributed by atoms with Gasteiger partial charge in [-0.3, -0.25) is 5.32 Å². The molecule has 1 aromatic rings. The van der Waals surface area contributed by atoms with E-state index in [9.17, 15) is 18.3 Å². The second kappa shape index (κ2) is 5.13. The first-order chi connectivity index (χ1) is 8.76. The molecule has 2 nitrogen and oxygen atoms in total. The molecule has 5 heteroatoms. The van der Waals surface area contributed by atoms with Crippen LogP contribution in [0.15, 0.2) is 24.3 Å². The minimum absolute atomic E-state index is 0.267. The Bertz CT molecular complexity index is 433. The van der Waals surface area contributed by atoms with Crippen LogP contribution in [-0.4, -0.2) is 17.4 Å². The summed E-state index contributed by atoms with van der Waals surface area (Å²) < 4.78 is 37.8. The van der Waals surface area contributed by atoms with E-state index in [0.717, 1.165) is 12.5 Å². The molecule has 1 aliphatic rings. The number of rotatable bonds is 2. The number of hydrogen-bond donors (Lipinski definition) is 2. The Labute approximate surface area is 110 Å². The lowest BCUT2D eigenvalue weighted by Crippen LogP contribution is -2.49. The standard InChI is InChI=1S/C14H18F3NO/c1-13(19)6-5-11(9-18-13)7-10-3-2-4-12(8-10)14(15,16)17/h2-4,8,11,18-19H,5-7,9H2,1H3/t11-,13-/m1/s1. The number of piperidine rings is 1. The van der Waals surface area contributed by atoms with Crippen molar-refractivity contribution < 1.29 is 18.3 Å². The largest absolute Gasteiger partial charge is 0.416 e. The molecule has 2 rings (SSSR count). The van der Waals surface area contributed by atoms with Crippen molar-refractivity contribution in [3.05, 3.63) is 35.4 Å². The van der Waals surface area contributed by atoms with E-state index in [0.29, 0.717) is 24.9 Å². The summed E-state index contributed by atoms with van der Waals surface area (Å²) in [6.45, 7) is 2.34. The lowest BCUT2D eigenvalue weighted by Gasteiger charge is -2.34. The normalized spacial score (nSPS) is 28.4. The highest BCUT2D eigenvalue weighted by atomic mass is 19.4. The van der Waals surface area contributed by atoms with Gasteiger partial charge in [-0.25, -0.2) is 0 Å². The average molecular weight is 273 g/mol. The van der Waals surface area contributed by atoms with Crippen molar-refractivity contribution in [1.82, 2.24) is 5.32 Å². The monoisotopic (exact) mass is 273 g/mol. The highest BCUT2D eigenvalue weighted by Crippen LogP contribution is 2.30. The fraction of sp³-hybridized carbons (Fsp3) is 0.571. The molecule has 1 aromatic carbocycles. The zero-order valence-corrected chi connectivity index (χ0v) is 10.8. The number of alkyl halides is 3. The van der Waals surface area contributed by atoms with Gasteiger partial charge in [-0.1, -0.05) is 18.2 Å². The molecule has 0 aromatic heterocycles. The maximum Gasteiger partial charge on any atom is 0.416 e. The molecule has 2 N–H and O–H groups in total. The van der Waals surface area contributed by atoms with Crippen LogP contribution in [0.2, 0.25) is 0 Å². The Morgan fingerprint density at radius 1 is 1.42 bits per heavy atom. The van der Waals surface area contributed by atoms with Crippen LogP contribution >= 0.6 is 0 Å². The van der Waals surface area contributed by atoms with Gasteiger partial charge in [-0.15, -0.1) is 0 Å². The van der Waals surface area contributed by atoms with Crippen molar-refractivity contribution in [2.45, 2.75) is 38.1 Å². The van der Waals surface area contributed by atoms with Crippen LogP contribution in [0.25, 0.3) is 0 Å². The number of aliphatic hydroxyl groups is 1. The summed E-state index contributed by atoms with van der Waals surface area (Å²) in [5.74, 6) is 0.267. The first-order valence-electron chi connectivity index (χ1n) is 6.40. The Hall–Kier alpha value is -1.07. The summed E-state index contributed by atoms with van der Waals surface area (Å²) >= 11 is 0. The summed E-state index contributed by atoms with van der Waals surface area (Å²) in [5, 5.41) is 12.8. The zero-order chi connectivity index (χ0) is 14.1. The summed E-state index contributed by atoms with van der Waals surface area (Å²) in [6, 6.07) is 5.48. The number of hydrogen-bond acceptors (Lipinski definition) is 2. The van der Waals surface area contributed by atoms with E-state index in [4.69, 9.17) is 0 Å². The molecule has 0 unspecified atom stereocenters. The summed E-state index contributed by atoms with van der Waals surface area (Å²) in [6.07, 6.45) is -2.25. The first-order valence-corrected chi connectivity index (χ1v) is 6.40. The molecular formula is C14H18F3NO. The van der Waals surface area contributed by atoms with Crippen LogP contribution in [-0.2, 0) is 12.6 Å². The molecule has 19 heavy (non-hydrogen) atoms. The van der Waals surface area contributed by atoms with Crippen LogP contribution in [0.3, 0.4) is 0 Å². The molecule has 1 heterocycles. The van der Waals surface area contributed by atoms with E-state index in [1.165, 1.54) is 12.1 Å². The van der Waals surface area contributed by atoms with Crippen molar-refractivity contribution in [3.8, 4) is 0 Å². The van der Waals surface area contributed by atoms with Crippen LogP contribution in [0, 0.1) is 5.92 Å². The molecule has 106 valence electrons. The Kier molecular flexibility index (Phi) is 3.87. The van der Waals surface area contributed by atoms with Crippen LogP contribution in [0.5, 0.6) is 0 Å². The van der Waals surface area contributed by atoms with Gasteiger partial charge in [0.1, 0.15) is 5.72 Å². The van der Waals surface area contributed by atoms with Crippen molar-refractivity contribution >= 4 is 0 Å². The van der Waals surface area contributed by atoms with Gasteiger partial charge in [0, 0.05) is 6.54 Å². The molecule has 1 fully saturated rings. The highest BCUT2D eigenvalue weighted by Gasteiger charge is 2.31. The SMILES string of the molecule is C[C@@]1(O)CC[C@H](Cc2cccc(C(F)(F)F)c2)CN1. The predicted molar refractivity (Wildman–Crippen MR) is 66.5 cm³/mol. The lowest BCUT2D eigenvalue weighted by molar-refractivity contribution is -0.137. The molecule has 0 amide bonds. The van der Waals surface area contributed by atoms with Crippen molar-refractivity contribution in [3.63, 3.8) is 0 Å². The first kappa shape index (κ1) is 14.3. The summed E-state index contributed by atoms with van der Waals surface area (Å²) in [4.78, 5) is 0. The topological polar surface area (TPSA) is 32.3 Å². The second-order valence-electron chi connectivity index (χ2n) is 5.46. The molecule has 0 aliphatic carbocycles. The van der Waals surface area contributed by atoms with E-state index >= 15 is 0 Å². The third-order valence-corrected chi connectivity index (χ3v) is 3.59. The third-order valence-electron chi connectivity index (χ3n) is 3.59. The van der Waals surface area contributed by atoms with E-state index in [1.54, 1.807) is 13.0 Å². The fourth-order valence-electron chi connectivity index (χ4n) is 2.42. The zero-order valence-electron chi connectivity index (χ0n) is 10.8. The van der Waals surface area contributed by atoms with Gasteiger partial charge in [0.05, 0.1) is 5.56 Å². The van der Waals surface area contributed by atoms with Gasteiger partial charge in [0.25, 0.3) is 0 Å². The van der Waals surface area contributed by atoms with Crippen molar-refractivity contribution in [1.29, 1.82) is 0 Å². The van der Waals surface area contributed by atoms with Crippen molar-refractivity contribution in [2.75, 3.05) is 6.54 Å². The maximum absolute atomic E-state index is 12.6. The summed E-state index contributed by atoms with van der Waals surface area (Å²) in [7, 11) is 0. The van der Waals surface area contributed by atoms with Gasteiger partial charge < -0.3 is 5.11 Å². The molecule has 1 saturated heterocycles. The Balaban J connectivity index is 2.00. The second-order valence-corrected chi connectivity index (χ2v) is 5.46. The van der Waals surface area contributed by atoms with Crippen LogP contribution < -0.4 is 5.32 Å². The molecule has 1 aliphatic heterocycles. The molecule has 0 radical (unpaired) electrons. The number of benzene rings is 1. The summed E-state index contributed by atoms with van der Waals surface area (Å²) in [5.41, 5.74) is -0.742. The quantitative estimate of drug-likeness (QED) is 0.868. The Morgan fingerprint density at radius 3 is 2.74 bits per heavy atom. The molecule has 0 saturated carbocycles. The van der Waals surface area contributed by atoms with Gasteiger partial charge in [-0.2, -0.15) is 13.2 Å². The fourth-order valence-corrected chi connectivity index (χ4v) is 2.42. The van der Waals surface area contributed by atoms with Crippen LogP contribution in [0.1, 0.15) is 30.9 Å². The number of halogens is 3. The minimum Gasteiger partial charge on any atom is -0.376 e. The molecule has 2 atom stereocenters. The van der Waals surface area contributed by atoms with E-state index in [2.05, 4.69) is 5.32 Å². The van der Waals surface area contributed by atoms with E-state index in [-0.39, 0.29) is 5.92 Å². The molecule has 0 bridgehead atoms. The average Bonchev–Trinajstić information content (AvgIpc) is 2.31. The van der Waals surface area contributed by atoms with E-state index in [1.807, 2.05) is 0 Å². The van der Waals surface area contributed by atoms with Gasteiger partial charge >= 0.3 is 6.18 Å². The lowest BCUT2D eigenvalue weighted by atomic mass is 9.88. The predicted octanol–water partition coefficient (Wildman–Crippen LogP) is 2.96. The Morgan fingerprint density at radius 2 is 2.16 bits per heavy atom. The van der Waals surface area contributed by atoms with Crippen LogP contribution in [0.4, 0.5) is 13.2 Å². The maximum atomic E-state index is 12.6. The van der Waals surface area contributed by atoms with Gasteiger partial charge in [0.2, 0.25) is 0 Å². The smallest absolute Gasteiger partial charge is 0.376 e. The van der Waals surface area contributed by atoms with E-state index < -0.39 is 17.5 Å². The highest BCUT2D eigenvalue weighted by molar-refractivity contribution is 5.26. The van der Waals surface area contributed by atoms with Crippen molar-refractivity contribution in [2.24, 2.45) is 5.92 Å².